The summed E-state index contributed by atoms with van der Waals surface area (Å²) < 4.78 is 5.24. The largest absolute Gasteiger partial charge is 0.477 e. The maximum Gasteiger partial charge on any atom is 0.310 e. The Morgan fingerprint density at radius 2 is 2.00 bits per heavy atom. The molecule has 0 bridgehead atoms. The Labute approximate surface area is 148 Å². The van der Waals surface area contributed by atoms with Crippen molar-refractivity contribution in [3.05, 3.63) is 68.2 Å². The van der Waals surface area contributed by atoms with Crippen LogP contribution in [0.4, 0.5) is 5.69 Å². The van der Waals surface area contributed by atoms with Crippen molar-refractivity contribution < 1.29 is 14.5 Å². The monoisotopic (exact) mass is 368 g/mol. The Morgan fingerprint density at radius 3 is 2.67 bits per heavy atom. The number of nitrogens with zero attached hydrogens (tertiary/aromatic N) is 1. The Hall–Kier alpha value is -2.31. The third kappa shape index (κ3) is 4.59. The Bertz CT molecular complexity index is 767. The Balaban J connectivity index is 1.97. The van der Waals surface area contributed by atoms with Gasteiger partial charge < -0.3 is 10.1 Å². The molecule has 2 aromatic carbocycles. The van der Waals surface area contributed by atoms with Crippen molar-refractivity contribution in [1.29, 1.82) is 0 Å². The zero-order chi connectivity index (χ0) is 17.7. The van der Waals surface area contributed by atoms with Crippen molar-refractivity contribution >= 4 is 34.8 Å². The smallest absolute Gasteiger partial charge is 0.310 e. The predicted octanol–water partition coefficient (Wildman–Crippen LogP) is 4.16. The van der Waals surface area contributed by atoms with Crippen molar-refractivity contribution in [1.82, 2.24) is 5.32 Å². The van der Waals surface area contributed by atoms with E-state index in [1.807, 2.05) is 0 Å². The minimum Gasteiger partial charge on any atom is -0.477 e. The first-order valence-corrected chi connectivity index (χ1v) is 7.74. The van der Waals surface area contributed by atoms with E-state index in [2.05, 4.69) is 5.32 Å². The van der Waals surface area contributed by atoms with Gasteiger partial charge in [-0.2, -0.15) is 0 Å². The standard InChI is InChI=1S/C16H14Cl2N2O4/c1-10(12-7-6-11(17)8-13(12)18)19-16(21)9-24-15-5-3-2-4-14(15)20(22)23/h2-8,10H,9H2,1H3,(H,19,21)/t10-/m1/s1. The van der Waals surface area contributed by atoms with Crippen LogP contribution in [0.3, 0.4) is 0 Å². The van der Waals surface area contributed by atoms with Crippen LogP contribution in [0.2, 0.25) is 10.0 Å². The van der Waals surface area contributed by atoms with Crippen LogP contribution in [0.5, 0.6) is 5.75 Å². The summed E-state index contributed by atoms with van der Waals surface area (Å²) in [4.78, 5) is 22.3. The molecule has 1 atom stereocenters. The number of rotatable bonds is 6. The van der Waals surface area contributed by atoms with Crippen LogP contribution >= 0.6 is 23.2 Å². The quantitative estimate of drug-likeness (QED) is 0.612. The molecule has 0 aromatic heterocycles. The number of carbonyl (C=O) groups excluding carboxylic acids is 1. The van der Waals surface area contributed by atoms with E-state index >= 15 is 0 Å². The first-order valence-electron chi connectivity index (χ1n) is 6.99. The lowest BCUT2D eigenvalue weighted by Gasteiger charge is -2.16. The molecule has 1 N–H and O–H groups in total. The van der Waals surface area contributed by atoms with Crippen molar-refractivity contribution in [3.8, 4) is 5.75 Å². The highest BCUT2D eigenvalue weighted by molar-refractivity contribution is 6.35. The first-order chi connectivity index (χ1) is 11.4. The maximum atomic E-state index is 12.0. The SMILES string of the molecule is C[C@@H](NC(=O)COc1ccccc1[N+](=O)[O-])c1ccc(Cl)cc1Cl. The number of amides is 1. The molecule has 24 heavy (non-hydrogen) atoms. The molecule has 2 rings (SSSR count). The van der Waals surface area contributed by atoms with Crippen molar-refractivity contribution in [3.63, 3.8) is 0 Å². The summed E-state index contributed by atoms with van der Waals surface area (Å²) in [6.07, 6.45) is 0. The van der Waals surface area contributed by atoms with Gasteiger partial charge in [0, 0.05) is 16.1 Å². The van der Waals surface area contributed by atoms with Gasteiger partial charge in [0.2, 0.25) is 0 Å². The molecule has 126 valence electrons. The van der Waals surface area contributed by atoms with Gasteiger partial charge in [0.1, 0.15) is 0 Å². The average molecular weight is 369 g/mol. The fraction of sp³-hybridized carbons (Fsp3) is 0.188. The summed E-state index contributed by atoms with van der Waals surface area (Å²) in [6.45, 7) is 1.42. The van der Waals surface area contributed by atoms with E-state index in [1.54, 1.807) is 31.2 Å². The van der Waals surface area contributed by atoms with E-state index in [1.165, 1.54) is 18.2 Å². The average Bonchev–Trinajstić information content (AvgIpc) is 2.52. The third-order valence-electron chi connectivity index (χ3n) is 3.23. The number of nitro groups is 1. The van der Waals surface area contributed by atoms with E-state index in [9.17, 15) is 14.9 Å². The molecule has 0 unspecified atom stereocenters. The Morgan fingerprint density at radius 1 is 1.29 bits per heavy atom. The van der Waals surface area contributed by atoms with Crippen molar-refractivity contribution in [2.45, 2.75) is 13.0 Å². The van der Waals surface area contributed by atoms with Crippen LogP contribution in [0.25, 0.3) is 0 Å². The lowest BCUT2D eigenvalue weighted by Crippen LogP contribution is -2.31. The molecule has 0 spiro atoms. The van der Waals surface area contributed by atoms with Crippen LogP contribution in [-0.4, -0.2) is 17.4 Å². The zero-order valence-corrected chi connectivity index (χ0v) is 14.2. The van der Waals surface area contributed by atoms with Crippen LogP contribution < -0.4 is 10.1 Å². The van der Waals surface area contributed by atoms with Crippen LogP contribution in [0.15, 0.2) is 42.5 Å². The van der Waals surface area contributed by atoms with Gasteiger partial charge in [-0.05, 0) is 30.7 Å². The molecule has 1 amide bonds. The molecule has 2 aromatic rings. The molecular formula is C16H14Cl2N2O4. The topological polar surface area (TPSA) is 81.5 Å². The number of hydrogen-bond donors (Lipinski definition) is 1. The fourth-order valence-corrected chi connectivity index (χ4v) is 2.66. The highest BCUT2D eigenvalue weighted by atomic mass is 35.5. The number of para-hydroxylation sites is 2. The molecule has 0 fully saturated rings. The molecule has 0 aliphatic carbocycles. The number of nitrogens with one attached hydrogen (secondary N) is 1. The van der Waals surface area contributed by atoms with Gasteiger partial charge in [0.25, 0.3) is 5.91 Å². The molecule has 0 aliphatic heterocycles. The molecule has 0 aliphatic rings. The van der Waals surface area contributed by atoms with Crippen LogP contribution in [0.1, 0.15) is 18.5 Å². The summed E-state index contributed by atoms with van der Waals surface area (Å²) in [5, 5.41) is 14.5. The zero-order valence-electron chi connectivity index (χ0n) is 12.7. The molecule has 0 saturated carbocycles. The summed E-state index contributed by atoms with van der Waals surface area (Å²) in [6, 6.07) is 10.5. The van der Waals surface area contributed by atoms with Crippen molar-refractivity contribution in [2.75, 3.05) is 6.61 Å². The minimum atomic E-state index is -0.566. The summed E-state index contributed by atoms with van der Waals surface area (Å²) in [5.74, 6) is -0.388. The normalized spacial score (nSPS) is 11.6. The fourth-order valence-electron chi connectivity index (χ4n) is 2.09. The van der Waals surface area contributed by atoms with Gasteiger partial charge in [-0.15, -0.1) is 0 Å². The first kappa shape index (κ1) is 18.0. The molecule has 6 nitrogen and oxygen atoms in total. The number of hydrogen-bond acceptors (Lipinski definition) is 4. The highest BCUT2D eigenvalue weighted by Gasteiger charge is 2.17. The number of benzene rings is 2. The van der Waals surface area contributed by atoms with E-state index < -0.39 is 10.8 Å². The van der Waals surface area contributed by atoms with Gasteiger partial charge in [0.05, 0.1) is 11.0 Å². The minimum absolute atomic E-state index is 0.0369. The van der Waals surface area contributed by atoms with E-state index in [0.29, 0.717) is 15.6 Å². The predicted molar refractivity (Wildman–Crippen MR) is 91.6 cm³/mol. The molecule has 8 heteroatoms. The second-order valence-corrected chi connectivity index (χ2v) is 5.81. The van der Waals surface area contributed by atoms with Gasteiger partial charge in [0.15, 0.2) is 12.4 Å². The van der Waals surface area contributed by atoms with Gasteiger partial charge >= 0.3 is 5.69 Å². The molecule has 0 saturated heterocycles. The van der Waals surface area contributed by atoms with Gasteiger partial charge in [-0.25, -0.2) is 0 Å². The third-order valence-corrected chi connectivity index (χ3v) is 3.79. The van der Waals surface area contributed by atoms with E-state index in [-0.39, 0.29) is 24.1 Å². The second-order valence-electron chi connectivity index (χ2n) is 4.97. The van der Waals surface area contributed by atoms with Crippen molar-refractivity contribution in [2.24, 2.45) is 0 Å². The highest BCUT2D eigenvalue weighted by Crippen LogP contribution is 2.27. The summed E-state index contributed by atoms with van der Waals surface area (Å²) in [5.41, 5.74) is 0.513. The maximum absolute atomic E-state index is 12.0. The number of nitro benzene ring substituents is 1. The van der Waals surface area contributed by atoms with Gasteiger partial charge in [-0.1, -0.05) is 41.4 Å². The van der Waals surface area contributed by atoms with Crippen LogP contribution in [0, 0.1) is 10.1 Å². The van der Waals surface area contributed by atoms with Crippen LogP contribution in [-0.2, 0) is 4.79 Å². The van der Waals surface area contributed by atoms with Gasteiger partial charge in [-0.3, -0.25) is 14.9 Å². The number of carbonyl (C=O) groups is 1. The Kier molecular flexibility index (Phi) is 6.00. The molecular weight excluding hydrogens is 355 g/mol. The van der Waals surface area contributed by atoms with E-state index in [4.69, 9.17) is 27.9 Å². The van der Waals surface area contributed by atoms with E-state index in [0.717, 1.165) is 0 Å². The molecule has 0 heterocycles. The lowest BCUT2D eigenvalue weighted by atomic mass is 10.1. The number of ether oxygens (including phenoxy) is 1. The number of halogens is 2. The summed E-state index contributed by atoms with van der Waals surface area (Å²) >= 11 is 11.9. The summed E-state index contributed by atoms with van der Waals surface area (Å²) in [7, 11) is 0. The lowest BCUT2D eigenvalue weighted by molar-refractivity contribution is -0.385. The molecule has 0 radical (unpaired) electrons. The second kappa shape index (κ2) is 7.99.